The number of hydrogen-bond donors (Lipinski definition) is 2. The normalized spacial score (nSPS) is 21.1. The van der Waals surface area contributed by atoms with E-state index < -0.39 is 0 Å². The maximum atomic E-state index is 5.97. The molecule has 3 aromatic rings. The molecule has 9 nitrogen and oxygen atoms in total. The summed E-state index contributed by atoms with van der Waals surface area (Å²) in [5.74, 6) is 2.22. The Morgan fingerprint density at radius 1 is 0.875 bits per heavy atom. The van der Waals surface area contributed by atoms with Crippen LogP contribution in [0.25, 0.3) is 0 Å². The third-order valence-electron chi connectivity index (χ3n) is 8.47. The minimum atomic E-state index is 0.126. The van der Waals surface area contributed by atoms with Crippen molar-refractivity contribution in [3.8, 4) is 5.75 Å². The molecule has 2 N–H and O–H groups in total. The summed E-state index contributed by atoms with van der Waals surface area (Å²) in [6.07, 6.45) is 7.34. The number of nitrogens with zero attached hydrogens (tertiary/aromatic N) is 5. The van der Waals surface area contributed by atoms with E-state index in [0.29, 0.717) is 24.5 Å². The summed E-state index contributed by atoms with van der Waals surface area (Å²) in [4.78, 5) is 19.9. The van der Waals surface area contributed by atoms with E-state index in [1.165, 1.54) is 50.0 Å². The lowest BCUT2D eigenvalue weighted by molar-refractivity contribution is 0.157. The molecular weight excluding hydrogens is 502 g/mol. The van der Waals surface area contributed by atoms with Crippen molar-refractivity contribution in [2.45, 2.75) is 50.2 Å². The second-order valence-corrected chi connectivity index (χ2v) is 11.2. The average molecular weight is 544 g/mol. The van der Waals surface area contributed by atoms with Gasteiger partial charge in [-0.2, -0.15) is 0 Å². The Balaban J connectivity index is 1.09. The zero-order valence-electron chi connectivity index (χ0n) is 23.6. The fraction of sp³-hybridized carbons (Fsp3) is 0.484. The molecule has 0 aliphatic carbocycles. The second-order valence-electron chi connectivity index (χ2n) is 11.2. The molecule has 0 bridgehead atoms. The van der Waals surface area contributed by atoms with Gasteiger partial charge in [-0.1, -0.05) is 30.3 Å². The first-order valence-corrected chi connectivity index (χ1v) is 14.6. The van der Waals surface area contributed by atoms with Crippen molar-refractivity contribution in [3.63, 3.8) is 0 Å². The first kappa shape index (κ1) is 26.8. The molecule has 0 amide bonds. The summed E-state index contributed by atoms with van der Waals surface area (Å²) in [7, 11) is 3.94. The molecular formula is C31H41N7O2. The van der Waals surface area contributed by atoms with Gasteiger partial charge in [0.2, 0.25) is 0 Å². The minimum absolute atomic E-state index is 0.126. The molecule has 0 spiro atoms. The van der Waals surface area contributed by atoms with Crippen molar-refractivity contribution in [1.82, 2.24) is 20.2 Å². The van der Waals surface area contributed by atoms with E-state index in [4.69, 9.17) is 9.57 Å². The van der Waals surface area contributed by atoms with Gasteiger partial charge >= 0.3 is 0 Å². The quantitative estimate of drug-likeness (QED) is 0.418. The summed E-state index contributed by atoms with van der Waals surface area (Å²) < 4.78 is 5.80. The van der Waals surface area contributed by atoms with E-state index in [-0.39, 0.29) is 6.04 Å². The summed E-state index contributed by atoms with van der Waals surface area (Å²) in [5, 5.41) is 9.27. The Morgan fingerprint density at radius 3 is 2.38 bits per heavy atom. The standard InChI is InChI=1S/C31H41N7O2/c1-36-15-10-24(11-16-36)34-25-12-17-37(18-13-25)26-8-9-27(29(20-26)39-2)35-30-21-31(33-22-32-30)38-28(14-19-40-38)23-6-4-3-5-7-23/h3-9,20-22,24-25,28,34H,10-19H2,1-2H3,(H,32,33,35)/t28-/m1/s1. The van der Waals surface area contributed by atoms with Crippen molar-refractivity contribution in [2.75, 3.05) is 62.2 Å². The lowest BCUT2D eigenvalue weighted by atomic mass is 9.99. The summed E-state index contributed by atoms with van der Waals surface area (Å²) >= 11 is 0. The lowest BCUT2D eigenvalue weighted by Gasteiger charge is -2.38. The van der Waals surface area contributed by atoms with Crippen LogP contribution in [0.4, 0.5) is 23.0 Å². The summed E-state index contributed by atoms with van der Waals surface area (Å²) in [5.41, 5.74) is 3.28. The van der Waals surface area contributed by atoms with E-state index >= 15 is 0 Å². The zero-order valence-corrected chi connectivity index (χ0v) is 23.6. The minimum Gasteiger partial charge on any atom is -0.494 e. The van der Waals surface area contributed by atoms with Gasteiger partial charge in [-0.3, -0.25) is 4.84 Å². The lowest BCUT2D eigenvalue weighted by Crippen LogP contribution is -2.49. The second kappa shape index (κ2) is 12.4. The molecule has 40 heavy (non-hydrogen) atoms. The number of hydroxylamine groups is 1. The van der Waals surface area contributed by atoms with Gasteiger partial charge in [0.1, 0.15) is 17.9 Å². The number of piperidine rings is 2. The molecule has 9 heteroatoms. The van der Waals surface area contributed by atoms with Crippen molar-refractivity contribution >= 4 is 23.0 Å². The number of rotatable bonds is 8. The van der Waals surface area contributed by atoms with Crippen LogP contribution in [0.3, 0.4) is 0 Å². The highest BCUT2D eigenvalue weighted by molar-refractivity contribution is 5.70. The fourth-order valence-electron chi connectivity index (χ4n) is 6.14. The van der Waals surface area contributed by atoms with Gasteiger partial charge in [0, 0.05) is 49.4 Å². The van der Waals surface area contributed by atoms with Gasteiger partial charge in [0.25, 0.3) is 0 Å². The number of benzene rings is 2. The first-order chi connectivity index (χ1) is 19.7. The maximum absolute atomic E-state index is 5.97. The predicted octanol–water partition coefficient (Wildman–Crippen LogP) is 4.76. The molecule has 212 valence electrons. The van der Waals surface area contributed by atoms with Crippen molar-refractivity contribution in [2.24, 2.45) is 0 Å². The van der Waals surface area contributed by atoms with Crippen LogP contribution in [0.2, 0.25) is 0 Å². The van der Waals surface area contributed by atoms with Crippen LogP contribution in [0.1, 0.15) is 43.7 Å². The van der Waals surface area contributed by atoms with Gasteiger partial charge < -0.3 is 25.2 Å². The monoisotopic (exact) mass is 543 g/mol. The highest BCUT2D eigenvalue weighted by Gasteiger charge is 2.29. The Hall–Kier alpha value is -3.40. The fourth-order valence-corrected chi connectivity index (χ4v) is 6.14. The van der Waals surface area contributed by atoms with Gasteiger partial charge in [0.15, 0.2) is 5.82 Å². The molecule has 6 rings (SSSR count). The summed E-state index contributed by atoms with van der Waals surface area (Å²) in [6, 6.07) is 20.1. The topological polar surface area (TPSA) is 78.0 Å². The number of methoxy groups -OCH3 is 1. The molecule has 0 radical (unpaired) electrons. The third kappa shape index (κ3) is 6.16. The van der Waals surface area contributed by atoms with Crippen LogP contribution >= 0.6 is 0 Å². The molecule has 0 unspecified atom stereocenters. The average Bonchev–Trinajstić information content (AvgIpc) is 3.50. The van der Waals surface area contributed by atoms with E-state index in [2.05, 4.69) is 79.9 Å². The molecule has 2 aromatic carbocycles. The third-order valence-corrected chi connectivity index (χ3v) is 8.47. The number of likely N-dealkylation sites (tertiary alicyclic amines) is 1. The molecule has 3 aliphatic heterocycles. The van der Waals surface area contributed by atoms with Crippen molar-refractivity contribution < 1.29 is 9.57 Å². The smallest absolute Gasteiger partial charge is 0.158 e. The number of ether oxygens (including phenoxy) is 1. The van der Waals surface area contributed by atoms with Crippen LogP contribution < -0.4 is 25.3 Å². The molecule has 3 fully saturated rings. The molecule has 0 saturated carbocycles. The number of aromatic nitrogens is 2. The van der Waals surface area contributed by atoms with E-state index in [9.17, 15) is 0 Å². The molecule has 1 atom stereocenters. The van der Waals surface area contributed by atoms with Gasteiger partial charge in [0.05, 0.1) is 25.4 Å². The Kier molecular flexibility index (Phi) is 8.32. The van der Waals surface area contributed by atoms with E-state index in [0.717, 1.165) is 36.8 Å². The van der Waals surface area contributed by atoms with Crippen LogP contribution in [0, 0.1) is 0 Å². The van der Waals surface area contributed by atoms with E-state index in [1.54, 1.807) is 13.4 Å². The summed E-state index contributed by atoms with van der Waals surface area (Å²) in [6.45, 7) is 5.16. The van der Waals surface area contributed by atoms with Gasteiger partial charge in [-0.15, -0.1) is 0 Å². The van der Waals surface area contributed by atoms with Gasteiger partial charge in [-0.25, -0.2) is 15.0 Å². The molecule has 1 aromatic heterocycles. The van der Waals surface area contributed by atoms with E-state index in [1.807, 2.05) is 17.2 Å². The van der Waals surface area contributed by atoms with Gasteiger partial charge in [-0.05, 0) is 63.5 Å². The number of hydrogen-bond acceptors (Lipinski definition) is 9. The van der Waals surface area contributed by atoms with Crippen LogP contribution in [0.5, 0.6) is 5.75 Å². The number of nitrogens with one attached hydrogen (secondary N) is 2. The van der Waals surface area contributed by atoms with Crippen molar-refractivity contribution in [3.05, 3.63) is 66.5 Å². The predicted molar refractivity (Wildman–Crippen MR) is 159 cm³/mol. The molecule has 3 aliphatic rings. The Morgan fingerprint density at radius 2 is 1.62 bits per heavy atom. The highest BCUT2D eigenvalue weighted by Crippen LogP contribution is 2.36. The zero-order chi connectivity index (χ0) is 27.3. The molecule has 3 saturated heterocycles. The Labute approximate surface area is 237 Å². The van der Waals surface area contributed by atoms with Crippen molar-refractivity contribution in [1.29, 1.82) is 0 Å². The SMILES string of the molecule is COc1cc(N2CCC(NC3CCN(C)CC3)CC2)ccc1Nc1cc(N2OCC[C@@H]2c2ccccc2)ncn1. The molecule has 4 heterocycles. The highest BCUT2D eigenvalue weighted by atomic mass is 16.7. The first-order valence-electron chi connectivity index (χ1n) is 14.6. The number of anilines is 4. The van der Waals surface area contributed by atoms with Crippen LogP contribution in [-0.2, 0) is 4.84 Å². The van der Waals surface area contributed by atoms with Crippen LogP contribution in [-0.4, -0.2) is 73.9 Å². The van der Waals surface area contributed by atoms with Crippen LogP contribution in [0.15, 0.2) is 60.9 Å². The maximum Gasteiger partial charge on any atom is 0.158 e. The Bertz CT molecular complexity index is 1240. The largest absolute Gasteiger partial charge is 0.494 e.